The van der Waals surface area contributed by atoms with Crippen molar-refractivity contribution in [2.24, 2.45) is 5.92 Å². The molecule has 49 heavy (non-hydrogen) atoms. The van der Waals surface area contributed by atoms with Crippen molar-refractivity contribution in [2.75, 3.05) is 13.2 Å². The number of hydrogen-bond acceptors (Lipinski definition) is 7. The van der Waals surface area contributed by atoms with Crippen LogP contribution in [0.1, 0.15) is 57.4 Å². The quantitative estimate of drug-likeness (QED) is 0.268. The van der Waals surface area contributed by atoms with Gasteiger partial charge in [-0.3, -0.25) is 9.59 Å². The number of unbranched alkanes of at least 4 members (excludes halogenated alkanes) is 1. The summed E-state index contributed by atoms with van der Waals surface area (Å²) in [7, 11) is 0. The average molecular weight is 667 g/mol. The zero-order valence-electron chi connectivity index (χ0n) is 27.6. The van der Waals surface area contributed by atoms with E-state index in [0.717, 1.165) is 28.5 Å². The van der Waals surface area contributed by atoms with Crippen molar-refractivity contribution in [1.29, 1.82) is 0 Å². The Morgan fingerprint density at radius 1 is 1.18 bits per heavy atom. The molecule has 2 fully saturated rings. The number of fused-ring (bicyclic) bond motifs is 3. The van der Waals surface area contributed by atoms with Gasteiger partial charge in [-0.1, -0.05) is 74.4 Å². The van der Waals surface area contributed by atoms with Crippen LogP contribution in [-0.2, 0) is 19.1 Å². The number of pyridine rings is 1. The molecule has 6 rings (SSSR count). The third-order valence-electron chi connectivity index (χ3n) is 9.53. The molecule has 0 unspecified atom stereocenters. The topological polar surface area (TPSA) is 147 Å². The van der Waals surface area contributed by atoms with Crippen molar-refractivity contribution in [3.63, 3.8) is 0 Å². The van der Waals surface area contributed by atoms with E-state index in [9.17, 15) is 24.3 Å². The van der Waals surface area contributed by atoms with Crippen LogP contribution in [-0.4, -0.2) is 75.7 Å². The Labute approximate surface area is 285 Å². The van der Waals surface area contributed by atoms with Crippen LogP contribution in [0.15, 0.2) is 73.3 Å². The number of carboxylic acids is 1. The molecule has 256 valence electrons. The second-order valence-corrected chi connectivity index (χ2v) is 13.0. The number of ether oxygens (including phenoxy) is 2. The Hall–Kier alpha value is -5.19. The molecule has 11 heteroatoms. The zero-order valence-corrected chi connectivity index (χ0v) is 27.6. The fourth-order valence-electron chi connectivity index (χ4n) is 6.68. The lowest BCUT2D eigenvalue weighted by molar-refractivity contribution is -0.145. The van der Waals surface area contributed by atoms with Crippen LogP contribution in [0.3, 0.4) is 0 Å². The van der Waals surface area contributed by atoms with Gasteiger partial charge in [0.1, 0.15) is 29.5 Å². The van der Waals surface area contributed by atoms with E-state index in [1.807, 2.05) is 73.7 Å². The van der Waals surface area contributed by atoms with Gasteiger partial charge in [0.15, 0.2) is 0 Å². The highest BCUT2D eigenvalue weighted by atomic mass is 16.5. The Balaban J connectivity index is 1.39. The van der Waals surface area contributed by atoms with Crippen molar-refractivity contribution in [2.45, 2.75) is 75.6 Å². The summed E-state index contributed by atoms with van der Waals surface area (Å²) < 4.78 is 12.1. The largest absolute Gasteiger partial charge is 0.488 e. The molecule has 4 bridgehead atoms. The number of carbonyl (C=O) groups is 4. The second kappa shape index (κ2) is 14.5. The number of aromatic nitrogens is 1. The summed E-state index contributed by atoms with van der Waals surface area (Å²) in [5.41, 5.74) is 1.81. The van der Waals surface area contributed by atoms with Gasteiger partial charge in [-0.05, 0) is 43.4 Å². The van der Waals surface area contributed by atoms with Crippen molar-refractivity contribution >= 4 is 40.9 Å². The Bertz CT molecular complexity index is 1780. The predicted molar refractivity (Wildman–Crippen MR) is 185 cm³/mol. The predicted octanol–water partition coefficient (Wildman–Crippen LogP) is 5.49. The molecule has 0 spiro atoms. The van der Waals surface area contributed by atoms with Crippen molar-refractivity contribution < 1.29 is 33.8 Å². The number of aliphatic carboxylic acids is 1. The molecule has 1 saturated carbocycles. The minimum atomic E-state index is -1.47. The molecule has 11 nitrogen and oxygen atoms in total. The number of nitrogens with one attached hydrogen (secondary N) is 2. The monoisotopic (exact) mass is 666 g/mol. The van der Waals surface area contributed by atoms with Gasteiger partial charge < -0.3 is 30.1 Å². The van der Waals surface area contributed by atoms with E-state index in [-0.39, 0.29) is 26.0 Å². The van der Waals surface area contributed by atoms with Crippen molar-refractivity contribution in [1.82, 2.24) is 20.5 Å². The molecule has 3 aliphatic rings. The Morgan fingerprint density at radius 2 is 2.00 bits per heavy atom. The van der Waals surface area contributed by atoms with Crippen molar-refractivity contribution in [3.05, 3.63) is 78.9 Å². The van der Waals surface area contributed by atoms with E-state index in [1.165, 1.54) is 11.0 Å². The van der Waals surface area contributed by atoms with Gasteiger partial charge in [-0.15, -0.1) is 6.58 Å². The zero-order chi connectivity index (χ0) is 34.5. The minimum Gasteiger partial charge on any atom is -0.488 e. The molecule has 3 amide bonds. The molecule has 2 aliphatic heterocycles. The van der Waals surface area contributed by atoms with Crippen LogP contribution in [0.4, 0.5) is 4.79 Å². The maximum atomic E-state index is 14.2. The highest BCUT2D eigenvalue weighted by Gasteiger charge is 2.61. The van der Waals surface area contributed by atoms with E-state index < -0.39 is 53.5 Å². The molecule has 1 aromatic heterocycles. The molecule has 2 aromatic carbocycles. The van der Waals surface area contributed by atoms with E-state index >= 15 is 0 Å². The van der Waals surface area contributed by atoms with Crippen molar-refractivity contribution in [3.8, 4) is 17.0 Å². The second-order valence-electron chi connectivity index (χ2n) is 13.0. The molecule has 3 N–H and O–H groups in total. The summed E-state index contributed by atoms with van der Waals surface area (Å²) in [6.45, 7) is 5.92. The number of rotatable bonds is 8. The first-order valence-electron chi connectivity index (χ1n) is 17.0. The fraction of sp³-hybridized carbons (Fsp3) is 0.395. The average Bonchev–Trinajstić information content (AvgIpc) is 3.67. The molecule has 1 saturated heterocycles. The van der Waals surface area contributed by atoms with Crippen LogP contribution >= 0.6 is 0 Å². The lowest BCUT2D eigenvalue weighted by Crippen LogP contribution is -2.56. The van der Waals surface area contributed by atoms with Gasteiger partial charge >= 0.3 is 12.1 Å². The highest BCUT2D eigenvalue weighted by molar-refractivity contribution is 5.96. The first-order valence-corrected chi connectivity index (χ1v) is 17.0. The highest BCUT2D eigenvalue weighted by Crippen LogP contribution is 2.45. The molecular weight excluding hydrogens is 624 g/mol. The first-order chi connectivity index (χ1) is 23.7. The van der Waals surface area contributed by atoms with Gasteiger partial charge in [0, 0.05) is 29.4 Å². The van der Waals surface area contributed by atoms with Gasteiger partial charge in [0.05, 0.1) is 24.4 Å². The summed E-state index contributed by atoms with van der Waals surface area (Å²) >= 11 is 0. The number of benzene rings is 2. The standard InChI is InChI=1S/C38H42N4O7/c1-3-5-15-30-35(44)42-23-27(20-32(42)34(43)41-38(36(45)46)22-26(38)4-2)49-33-21-31(25-13-9-6-10-14-25)39-29-17-16-24(19-28(29)33)12-8-7-11-18-48-37(47)40-30/h4,6,8-10,12-14,16-17,19,21,26-27,30,32H,2-3,5,7,11,15,18,20,22-23H2,1H3,(H,40,47)(H,41,43)(H,45,46)/b12-8-/t26-,27-,30+,32+,38-/m1/s1. The lowest BCUT2D eigenvalue weighted by Gasteiger charge is -2.29. The van der Waals surface area contributed by atoms with E-state index in [4.69, 9.17) is 14.5 Å². The maximum absolute atomic E-state index is 14.2. The molecule has 1 aliphatic carbocycles. The van der Waals surface area contributed by atoms with Crippen LogP contribution in [0.5, 0.6) is 5.75 Å². The number of carboxylic acid groups (broad SMARTS) is 1. The number of cyclic esters (lactones) is 1. The third-order valence-corrected chi connectivity index (χ3v) is 9.53. The first kappa shape index (κ1) is 33.7. The van der Waals surface area contributed by atoms with Crippen LogP contribution in [0.2, 0.25) is 0 Å². The van der Waals surface area contributed by atoms with Crippen LogP contribution < -0.4 is 15.4 Å². The van der Waals surface area contributed by atoms with Gasteiger partial charge in [0.25, 0.3) is 0 Å². The van der Waals surface area contributed by atoms with Crippen LogP contribution in [0, 0.1) is 5.92 Å². The number of alkyl carbamates (subject to hydrolysis) is 1. The Morgan fingerprint density at radius 3 is 2.73 bits per heavy atom. The maximum Gasteiger partial charge on any atom is 0.407 e. The minimum absolute atomic E-state index is 0.0469. The fourth-order valence-corrected chi connectivity index (χ4v) is 6.68. The lowest BCUT2D eigenvalue weighted by atomic mass is 10.1. The summed E-state index contributed by atoms with van der Waals surface area (Å²) in [6, 6.07) is 15.6. The summed E-state index contributed by atoms with van der Waals surface area (Å²) in [4.78, 5) is 59.6. The third kappa shape index (κ3) is 7.30. The van der Waals surface area contributed by atoms with Gasteiger partial charge in [-0.2, -0.15) is 0 Å². The number of carbonyl (C=O) groups excluding carboxylic acids is 3. The number of hydrogen-bond donors (Lipinski definition) is 3. The molecule has 3 heterocycles. The SMILES string of the molecule is C=C[C@@H]1C[C@]1(NC(=O)[C@@H]1C[C@@H]2CN1C(=O)[C@H](CCCC)NC(=O)OCCC/C=C\c1ccc3nc(-c4ccccc4)cc(c3c1)O2)C(=O)O. The van der Waals surface area contributed by atoms with Gasteiger partial charge in [-0.25, -0.2) is 14.6 Å². The molecule has 3 aromatic rings. The van der Waals surface area contributed by atoms with E-state index in [0.29, 0.717) is 37.1 Å². The number of nitrogens with zero attached hydrogens (tertiary/aromatic N) is 2. The van der Waals surface area contributed by atoms with Gasteiger partial charge in [0.2, 0.25) is 11.8 Å². The molecule has 5 atom stereocenters. The van der Waals surface area contributed by atoms with E-state index in [2.05, 4.69) is 17.2 Å². The smallest absolute Gasteiger partial charge is 0.407 e. The molecular formula is C38H42N4O7. The van der Waals surface area contributed by atoms with Crippen LogP contribution in [0.25, 0.3) is 28.2 Å². The molecule has 0 radical (unpaired) electrons. The summed E-state index contributed by atoms with van der Waals surface area (Å²) in [5, 5.41) is 16.2. The van der Waals surface area contributed by atoms with E-state index in [1.54, 1.807) is 0 Å². The number of allylic oxidation sites excluding steroid dienone is 1. The Kier molecular flexibility index (Phi) is 9.98. The summed E-state index contributed by atoms with van der Waals surface area (Å²) in [5.74, 6) is -2.07. The number of amides is 3. The summed E-state index contributed by atoms with van der Waals surface area (Å²) in [6.07, 6.45) is 7.59. The normalized spacial score (nSPS) is 26.1.